The molecule has 0 spiro atoms. The summed E-state index contributed by atoms with van der Waals surface area (Å²) < 4.78 is 11.9. The van der Waals surface area contributed by atoms with E-state index in [1.807, 2.05) is 13.0 Å². The van der Waals surface area contributed by atoms with Gasteiger partial charge in [0, 0.05) is 17.9 Å². The highest BCUT2D eigenvalue weighted by atomic mass is 79.9. The highest BCUT2D eigenvalue weighted by Crippen LogP contribution is 2.37. The number of hydrogen-bond acceptors (Lipinski definition) is 2. The summed E-state index contributed by atoms with van der Waals surface area (Å²) in [6.07, 6.45) is 2.49. The maximum atomic E-state index is 6.18. The van der Waals surface area contributed by atoms with Gasteiger partial charge in [-0.05, 0) is 30.9 Å². The molecule has 2 rings (SSSR count). The molecule has 0 heterocycles. The van der Waals surface area contributed by atoms with Crippen LogP contribution in [0, 0.1) is 0 Å². The van der Waals surface area contributed by atoms with Gasteiger partial charge in [-0.1, -0.05) is 48.0 Å². The van der Waals surface area contributed by atoms with Crippen molar-refractivity contribution in [3.8, 4) is 5.75 Å². The van der Waals surface area contributed by atoms with Crippen LogP contribution >= 0.6 is 15.9 Å². The summed E-state index contributed by atoms with van der Waals surface area (Å²) in [6, 6.07) is 8.37. The Hall–Kier alpha value is -0.540. The number of halogens is 1. The van der Waals surface area contributed by atoms with Gasteiger partial charge in [-0.2, -0.15) is 0 Å². The molecular formula is C16H23BrO2. The van der Waals surface area contributed by atoms with Crippen molar-refractivity contribution in [3.63, 3.8) is 0 Å². The molecule has 0 aliphatic heterocycles. The topological polar surface area (TPSA) is 18.5 Å². The molecule has 1 aliphatic rings. The van der Waals surface area contributed by atoms with Gasteiger partial charge in [0.05, 0.1) is 0 Å². The molecule has 0 N–H and O–H groups in total. The average molecular weight is 327 g/mol. The standard InChI is InChI=1S/C16H23BrO2/c1-4-11(3)12-8-6-7-9-14(12)19-15-10-13(17)16(15)18-5-2/h6-9,11,13,15-16H,4-5,10H2,1-3H3. The molecule has 19 heavy (non-hydrogen) atoms. The average Bonchev–Trinajstić information content (AvgIpc) is 2.44. The van der Waals surface area contributed by atoms with E-state index in [0.29, 0.717) is 10.7 Å². The van der Waals surface area contributed by atoms with Crippen LogP contribution in [0.25, 0.3) is 0 Å². The van der Waals surface area contributed by atoms with Crippen molar-refractivity contribution in [1.82, 2.24) is 0 Å². The zero-order valence-corrected chi connectivity index (χ0v) is 13.5. The summed E-state index contributed by atoms with van der Waals surface area (Å²) in [7, 11) is 0. The number of benzene rings is 1. The Morgan fingerprint density at radius 3 is 2.68 bits per heavy atom. The zero-order chi connectivity index (χ0) is 13.8. The van der Waals surface area contributed by atoms with Crippen LogP contribution in [0.4, 0.5) is 0 Å². The van der Waals surface area contributed by atoms with Crippen molar-refractivity contribution in [3.05, 3.63) is 29.8 Å². The molecule has 0 radical (unpaired) electrons. The van der Waals surface area contributed by atoms with Crippen LogP contribution in [-0.2, 0) is 4.74 Å². The van der Waals surface area contributed by atoms with E-state index in [9.17, 15) is 0 Å². The van der Waals surface area contributed by atoms with Gasteiger partial charge in [-0.25, -0.2) is 0 Å². The molecule has 1 aromatic carbocycles. The molecule has 106 valence electrons. The van der Waals surface area contributed by atoms with Crippen LogP contribution in [-0.4, -0.2) is 23.6 Å². The lowest BCUT2D eigenvalue weighted by molar-refractivity contribution is -0.0726. The summed E-state index contributed by atoms with van der Waals surface area (Å²) in [4.78, 5) is 0.424. The van der Waals surface area contributed by atoms with Crippen LogP contribution in [0.3, 0.4) is 0 Å². The second-order valence-corrected chi connectivity index (χ2v) is 6.35. The highest BCUT2D eigenvalue weighted by molar-refractivity contribution is 9.09. The Labute approximate surface area is 124 Å². The van der Waals surface area contributed by atoms with Crippen molar-refractivity contribution < 1.29 is 9.47 Å². The molecular weight excluding hydrogens is 304 g/mol. The van der Waals surface area contributed by atoms with Crippen molar-refractivity contribution in [2.45, 2.75) is 56.6 Å². The lowest BCUT2D eigenvalue weighted by Gasteiger charge is -2.41. The Morgan fingerprint density at radius 1 is 1.32 bits per heavy atom. The van der Waals surface area contributed by atoms with Gasteiger partial charge in [0.15, 0.2) is 0 Å². The molecule has 0 saturated heterocycles. The summed E-state index contributed by atoms with van der Waals surface area (Å²) in [5.41, 5.74) is 1.30. The van der Waals surface area contributed by atoms with E-state index in [4.69, 9.17) is 9.47 Å². The van der Waals surface area contributed by atoms with Crippen molar-refractivity contribution >= 4 is 15.9 Å². The van der Waals surface area contributed by atoms with Gasteiger partial charge < -0.3 is 9.47 Å². The fourth-order valence-electron chi connectivity index (χ4n) is 2.42. The molecule has 3 heteroatoms. The number of rotatable bonds is 6. The minimum Gasteiger partial charge on any atom is -0.487 e. The van der Waals surface area contributed by atoms with Crippen LogP contribution in [0.2, 0.25) is 0 Å². The SMILES string of the molecule is CCOC1C(Br)CC1Oc1ccccc1C(C)CC. The van der Waals surface area contributed by atoms with Crippen LogP contribution in [0.15, 0.2) is 24.3 Å². The minimum absolute atomic E-state index is 0.175. The first-order valence-electron chi connectivity index (χ1n) is 7.18. The zero-order valence-electron chi connectivity index (χ0n) is 11.9. The lowest BCUT2D eigenvalue weighted by atomic mass is 9.91. The van der Waals surface area contributed by atoms with E-state index < -0.39 is 0 Å². The van der Waals surface area contributed by atoms with Gasteiger partial charge in [0.25, 0.3) is 0 Å². The van der Waals surface area contributed by atoms with Gasteiger partial charge in [0.1, 0.15) is 18.0 Å². The smallest absolute Gasteiger partial charge is 0.127 e. The molecule has 1 fully saturated rings. The van der Waals surface area contributed by atoms with Gasteiger partial charge >= 0.3 is 0 Å². The molecule has 0 amide bonds. The van der Waals surface area contributed by atoms with Gasteiger partial charge in [0.2, 0.25) is 0 Å². The maximum Gasteiger partial charge on any atom is 0.127 e. The van der Waals surface area contributed by atoms with Crippen LogP contribution in [0.1, 0.15) is 45.1 Å². The monoisotopic (exact) mass is 326 g/mol. The van der Waals surface area contributed by atoms with E-state index in [0.717, 1.165) is 25.2 Å². The maximum absolute atomic E-state index is 6.18. The third-order valence-electron chi connectivity index (χ3n) is 3.88. The third-order valence-corrected chi connectivity index (χ3v) is 4.78. The Bertz CT molecular complexity index is 407. The lowest BCUT2D eigenvalue weighted by Crippen LogP contribution is -2.52. The first-order chi connectivity index (χ1) is 9.17. The van der Waals surface area contributed by atoms with Crippen molar-refractivity contribution in [2.75, 3.05) is 6.61 Å². The predicted octanol–water partition coefficient (Wildman–Crippen LogP) is 4.52. The molecule has 0 aromatic heterocycles. The molecule has 4 atom stereocenters. The van der Waals surface area contributed by atoms with E-state index >= 15 is 0 Å². The normalized spacial score (nSPS) is 27.7. The molecule has 1 aromatic rings. The molecule has 2 nitrogen and oxygen atoms in total. The molecule has 0 bridgehead atoms. The highest BCUT2D eigenvalue weighted by Gasteiger charge is 2.42. The quantitative estimate of drug-likeness (QED) is 0.715. The van der Waals surface area contributed by atoms with E-state index in [2.05, 4.69) is 48.0 Å². The minimum atomic E-state index is 0.175. The predicted molar refractivity (Wildman–Crippen MR) is 82.3 cm³/mol. The van der Waals surface area contributed by atoms with Gasteiger partial charge in [-0.15, -0.1) is 0 Å². The van der Waals surface area contributed by atoms with Crippen LogP contribution in [0.5, 0.6) is 5.75 Å². The Morgan fingerprint density at radius 2 is 2.05 bits per heavy atom. The first-order valence-corrected chi connectivity index (χ1v) is 8.10. The number of alkyl halides is 1. The summed E-state index contributed by atoms with van der Waals surface area (Å²) in [5.74, 6) is 1.55. The number of para-hydroxylation sites is 1. The fraction of sp³-hybridized carbons (Fsp3) is 0.625. The van der Waals surface area contributed by atoms with E-state index in [-0.39, 0.29) is 12.2 Å². The second kappa shape index (κ2) is 6.76. The van der Waals surface area contributed by atoms with Gasteiger partial charge in [-0.3, -0.25) is 0 Å². The fourth-order valence-corrected chi connectivity index (χ4v) is 3.29. The summed E-state index contributed by atoms with van der Waals surface area (Å²) in [6.45, 7) is 7.22. The molecule has 1 aliphatic carbocycles. The van der Waals surface area contributed by atoms with Crippen LogP contribution < -0.4 is 4.74 Å². The van der Waals surface area contributed by atoms with Crippen molar-refractivity contribution in [1.29, 1.82) is 0 Å². The second-order valence-electron chi connectivity index (χ2n) is 5.18. The number of hydrogen-bond donors (Lipinski definition) is 0. The largest absolute Gasteiger partial charge is 0.487 e. The number of ether oxygens (including phenoxy) is 2. The summed E-state index contributed by atoms with van der Waals surface area (Å²) in [5, 5.41) is 0. The molecule has 1 saturated carbocycles. The van der Waals surface area contributed by atoms with E-state index in [1.165, 1.54) is 5.56 Å². The third kappa shape index (κ3) is 3.32. The molecule has 4 unspecified atom stereocenters. The summed E-state index contributed by atoms with van der Waals surface area (Å²) >= 11 is 3.64. The van der Waals surface area contributed by atoms with Crippen molar-refractivity contribution in [2.24, 2.45) is 0 Å². The van der Waals surface area contributed by atoms with E-state index in [1.54, 1.807) is 0 Å². The Kier molecular flexibility index (Phi) is 5.28. The first kappa shape index (κ1) is 14.9. The Balaban J connectivity index is 2.07.